The van der Waals surface area contributed by atoms with Gasteiger partial charge in [0.1, 0.15) is 0 Å². The van der Waals surface area contributed by atoms with Gasteiger partial charge in [0.15, 0.2) is 0 Å². The average molecular weight is 463 g/mol. The van der Waals surface area contributed by atoms with Gasteiger partial charge in [-0.1, -0.05) is 33.3 Å². The van der Waals surface area contributed by atoms with Crippen molar-refractivity contribution in [2.45, 2.75) is 71.3 Å². The molecule has 2 aliphatic carbocycles. The van der Waals surface area contributed by atoms with Gasteiger partial charge in [0.2, 0.25) is 10.4 Å². The number of nitrogens with one attached hydrogen (secondary N) is 1. The monoisotopic (exact) mass is 462 g/mol. The molecule has 1 heterocycles. The number of aromatic nitrogens is 2. The second kappa shape index (κ2) is 8.94. The highest BCUT2D eigenvalue weighted by Crippen LogP contribution is 2.58. The Morgan fingerprint density at radius 2 is 2.10 bits per heavy atom. The predicted octanol–water partition coefficient (Wildman–Crippen LogP) is 6.31. The van der Waals surface area contributed by atoms with E-state index in [2.05, 4.69) is 51.6 Å². The second-order valence-corrected chi connectivity index (χ2v) is 10.8. The van der Waals surface area contributed by atoms with Crippen LogP contribution in [-0.2, 0) is 4.79 Å². The first kappa shape index (κ1) is 22.3. The largest absolute Gasteiger partial charge is 0.481 e. The fourth-order valence-electron chi connectivity index (χ4n) is 5.04. The van der Waals surface area contributed by atoms with Crippen molar-refractivity contribution in [1.82, 2.24) is 9.36 Å². The predicted molar refractivity (Wildman–Crippen MR) is 127 cm³/mol. The van der Waals surface area contributed by atoms with Crippen LogP contribution in [0.1, 0.15) is 70.8 Å². The van der Waals surface area contributed by atoms with Gasteiger partial charge in [0.05, 0.1) is 17.8 Å². The minimum atomic E-state index is -0.788. The van der Waals surface area contributed by atoms with Crippen LogP contribution in [0.25, 0.3) is 0 Å². The Bertz CT molecular complexity index is 935. The lowest BCUT2D eigenvalue weighted by Crippen LogP contribution is -2.55. The lowest BCUT2D eigenvalue weighted by atomic mass is 9.53. The van der Waals surface area contributed by atoms with E-state index in [0.29, 0.717) is 22.5 Å². The highest BCUT2D eigenvalue weighted by atomic mass is 35.5. The minimum absolute atomic E-state index is 0.0781. The maximum atomic E-state index is 11.2. The molecule has 168 valence electrons. The molecule has 1 atom stereocenters. The summed E-state index contributed by atoms with van der Waals surface area (Å²) in [5.74, 6) is -0.332. The Morgan fingerprint density at radius 1 is 1.35 bits per heavy atom. The number of aliphatic carboxylic acids is 1. The van der Waals surface area contributed by atoms with Crippen LogP contribution in [0.15, 0.2) is 18.2 Å². The van der Waals surface area contributed by atoms with Crippen LogP contribution in [0.2, 0.25) is 5.28 Å². The van der Waals surface area contributed by atoms with Crippen LogP contribution in [0.3, 0.4) is 0 Å². The van der Waals surface area contributed by atoms with Crippen LogP contribution < -0.4 is 10.2 Å². The average Bonchev–Trinajstić information content (AvgIpc) is 3.02. The molecular weight excluding hydrogens is 432 g/mol. The van der Waals surface area contributed by atoms with Crippen molar-refractivity contribution in [3.8, 4) is 0 Å². The lowest BCUT2D eigenvalue weighted by Gasteiger charge is -2.58. The molecule has 8 heteroatoms. The van der Waals surface area contributed by atoms with Crippen molar-refractivity contribution < 1.29 is 9.90 Å². The smallest absolute Gasteiger partial charge is 0.303 e. The number of hydrogen-bond donors (Lipinski definition) is 2. The molecule has 4 rings (SSSR count). The molecule has 31 heavy (non-hydrogen) atoms. The molecule has 0 bridgehead atoms. The third-order valence-corrected chi connectivity index (χ3v) is 7.68. The van der Waals surface area contributed by atoms with Gasteiger partial charge in [-0.05, 0) is 72.2 Å². The lowest BCUT2D eigenvalue weighted by molar-refractivity contribution is -0.137. The number of benzene rings is 1. The molecule has 2 aromatic rings. The van der Waals surface area contributed by atoms with Crippen LogP contribution in [-0.4, -0.2) is 33.0 Å². The summed E-state index contributed by atoms with van der Waals surface area (Å²) in [7, 11) is 0. The zero-order valence-electron chi connectivity index (χ0n) is 18.4. The zero-order valence-corrected chi connectivity index (χ0v) is 20.0. The Balaban J connectivity index is 1.66. The van der Waals surface area contributed by atoms with E-state index in [0.717, 1.165) is 23.5 Å². The normalized spacial score (nSPS) is 18.5. The maximum absolute atomic E-state index is 11.2. The zero-order chi connectivity index (χ0) is 22.2. The number of nitrogens with zero attached hydrogens (tertiary/aromatic N) is 3. The molecular formula is C23H31ClN4O2S. The summed E-state index contributed by atoms with van der Waals surface area (Å²) >= 11 is 7.17. The highest BCUT2D eigenvalue weighted by molar-refractivity contribution is 7.10. The number of rotatable bonds is 9. The number of hydrogen-bond acceptors (Lipinski definition) is 6. The molecule has 2 saturated carbocycles. The highest BCUT2D eigenvalue weighted by Gasteiger charge is 2.50. The van der Waals surface area contributed by atoms with E-state index >= 15 is 0 Å². The minimum Gasteiger partial charge on any atom is -0.481 e. The van der Waals surface area contributed by atoms with Gasteiger partial charge in [-0.15, -0.1) is 0 Å². The topological polar surface area (TPSA) is 78.4 Å². The molecule has 0 aliphatic heterocycles. The Labute approximate surface area is 193 Å². The SMILES string of the molecule is CC(C)CN(c1ccc(C(C)CC(=O)O)cc1Nc1nc(Cl)ns1)C1CC2(CCC2)C1. The summed E-state index contributed by atoms with van der Waals surface area (Å²) in [4.78, 5) is 18.0. The van der Waals surface area contributed by atoms with Crippen molar-refractivity contribution >= 4 is 45.6 Å². The van der Waals surface area contributed by atoms with Gasteiger partial charge in [-0.2, -0.15) is 9.36 Å². The number of carboxylic acid groups (broad SMARTS) is 1. The summed E-state index contributed by atoms with van der Waals surface area (Å²) in [6.45, 7) is 7.45. The van der Waals surface area contributed by atoms with Crippen molar-refractivity contribution in [2.24, 2.45) is 11.3 Å². The standard InChI is InChI=1S/C23H31ClN4O2S/c1-14(2)13-28(17-11-23(12-17)7-4-8-23)19-6-5-16(15(3)9-20(29)30)10-18(19)25-22-26-21(24)27-31-22/h5-6,10,14-15,17H,4,7-9,11-13H2,1-3H3,(H,29,30)(H,25,26,27). The van der Waals surface area contributed by atoms with E-state index < -0.39 is 5.97 Å². The summed E-state index contributed by atoms with van der Waals surface area (Å²) in [6, 6.07) is 6.84. The van der Waals surface area contributed by atoms with Gasteiger partial charge < -0.3 is 15.3 Å². The van der Waals surface area contributed by atoms with Crippen molar-refractivity contribution in [3.63, 3.8) is 0 Å². The van der Waals surface area contributed by atoms with E-state index in [1.165, 1.54) is 43.6 Å². The first-order chi connectivity index (χ1) is 14.7. The fraction of sp³-hybridized carbons (Fsp3) is 0.609. The number of carboxylic acids is 1. The molecule has 1 aromatic carbocycles. The molecule has 2 N–H and O–H groups in total. The van der Waals surface area contributed by atoms with E-state index in [1.807, 2.05) is 6.92 Å². The molecule has 1 unspecified atom stereocenters. The van der Waals surface area contributed by atoms with E-state index in [9.17, 15) is 9.90 Å². The van der Waals surface area contributed by atoms with Crippen molar-refractivity contribution in [2.75, 3.05) is 16.8 Å². The molecule has 2 aliphatic rings. The third kappa shape index (κ3) is 4.98. The Hall–Kier alpha value is -1.86. The van der Waals surface area contributed by atoms with Gasteiger partial charge >= 0.3 is 5.97 Å². The first-order valence-electron chi connectivity index (χ1n) is 11.1. The van der Waals surface area contributed by atoms with E-state index in [4.69, 9.17) is 11.6 Å². The molecule has 0 amide bonds. The summed E-state index contributed by atoms with van der Waals surface area (Å²) in [5.41, 5.74) is 3.68. The molecule has 1 aromatic heterocycles. The van der Waals surface area contributed by atoms with Crippen LogP contribution in [0.5, 0.6) is 0 Å². The third-order valence-electron chi connectivity index (χ3n) is 6.78. The second-order valence-electron chi connectivity index (χ2n) is 9.73. The number of carbonyl (C=O) groups is 1. The number of halogens is 1. The quantitative estimate of drug-likeness (QED) is 0.454. The summed E-state index contributed by atoms with van der Waals surface area (Å²) < 4.78 is 4.07. The van der Waals surface area contributed by atoms with E-state index in [1.54, 1.807) is 0 Å². The van der Waals surface area contributed by atoms with Gasteiger partial charge in [-0.3, -0.25) is 4.79 Å². The molecule has 6 nitrogen and oxygen atoms in total. The van der Waals surface area contributed by atoms with Gasteiger partial charge in [0.25, 0.3) is 0 Å². The summed E-state index contributed by atoms with van der Waals surface area (Å²) in [6.07, 6.45) is 6.75. The van der Waals surface area contributed by atoms with Crippen LogP contribution in [0.4, 0.5) is 16.5 Å². The van der Waals surface area contributed by atoms with E-state index in [-0.39, 0.29) is 17.6 Å². The first-order valence-corrected chi connectivity index (χ1v) is 12.3. The Kier molecular flexibility index (Phi) is 6.44. The fourth-order valence-corrected chi connectivity index (χ4v) is 5.77. The van der Waals surface area contributed by atoms with Gasteiger partial charge in [-0.25, -0.2) is 0 Å². The summed E-state index contributed by atoms with van der Waals surface area (Å²) in [5, 5.41) is 13.5. The van der Waals surface area contributed by atoms with Crippen LogP contribution >= 0.6 is 23.1 Å². The molecule has 1 spiro atoms. The van der Waals surface area contributed by atoms with Crippen molar-refractivity contribution in [1.29, 1.82) is 0 Å². The number of anilines is 3. The van der Waals surface area contributed by atoms with Crippen molar-refractivity contribution in [3.05, 3.63) is 29.0 Å². The maximum Gasteiger partial charge on any atom is 0.303 e. The van der Waals surface area contributed by atoms with Gasteiger partial charge in [0, 0.05) is 24.1 Å². The molecule has 0 saturated heterocycles. The molecule has 2 fully saturated rings. The van der Waals surface area contributed by atoms with Crippen LogP contribution in [0, 0.1) is 11.3 Å². The molecule has 0 radical (unpaired) electrons. The Morgan fingerprint density at radius 3 is 2.65 bits per heavy atom.